The second-order valence-corrected chi connectivity index (χ2v) is 4.97. The Bertz CT molecular complexity index is 394. The van der Waals surface area contributed by atoms with Gasteiger partial charge < -0.3 is 9.69 Å². The third-order valence-electron chi connectivity index (χ3n) is 2.35. The van der Waals surface area contributed by atoms with Crippen molar-refractivity contribution in [2.75, 3.05) is 18.9 Å². The van der Waals surface area contributed by atoms with E-state index in [1.807, 2.05) is 0 Å². The van der Waals surface area contributed by atoms with Crippen molar-refractivity contribution in [3.63, 3.8) is 0 Å². The highest BCUT2D eigenvalue weighted by molar-refractivity contribution is 7.15. The topological polar surface area (TPSA) is 75.2 Å². The van der Waals surface area contributed by atoms with Crippen molar-refractivity contribution in [3.05, 3.63) is 5.01 Å². The minimum absolute atomic E-state index is 0.268. The molecule has 0 aromatic carbocycles. The van der Waals surface area contributed by atoms with E-state index in [4.69, 9.17) is 0 Å². The number of amides is 2. The number of rotatable bonds is 7. The first kappa shape index (κ1) is 14.6. The number of anilines is 1. The third kappa shape index (κ3) is 4.79. The van der Waals surface area contributed by atoms with E-state index in [0.29, 0.717) is 18.1 Å². The number of aldehydes is 1. The fourth-order valence-electron chi connectivity index (χ4n) is 1.27. The van der Waals surface area contributed by atoms with Gasteiger partial charge in [0.2, 0.25) is 5.13 Å². The molecule has 0 bridgehead atoms. The van der Waals surface area contributed by atoms with E-state index in [1.54, 1.807) is 7.05 Å². The van der Waals surface area contributed by atoms with E-state index in [1.165, 1.54) is 16.2 Å². The van der Waals surface area contributed by atoms with Gasteiger partial charge in [-0.3, -0.25) is 5.32 Å². The van der Waals surface area contributed by atoms with Gasteiger partial charge in [0.25, 0.3) is 0 Å². The fourth-order valence-corrected chi connectivity index (χ4v) is 2.04. The maximum Gasteiger partial charge on any atom is 0.323 e. The summed E-state index contributed by atoms with van der Waals surface area (Å²) in [5.41, 5.74) is 0. The summed E-state index contributed by atoms with van der Waals surface area (Å²) in [6.07, 6.45) is 4.20. The normalized spacial score (nSPS) is 10.1. The van der Waals surface area contributed by atoms with Crippen molar-refractivity contribution < 1.29 is 9.59 Å². The van der Waals surface area contributed by atoms with Crippen LogP contribution in [0.3, 0.4) is 0 Å². The van der Waals surface area contributed by atoms with E-state index in [-0.39, 0.29) is 6.03 Å². The molecule has 1 aromatic rings. The maximum atomic E-state index is 11.7. The molecular weight excluding hydrogens is 252 g/mol. The Kier molecular flexibility index (Phi) is 6.27. The molecule has 0 fully saturated rings. The lowest BCUT2D eigenvalue weighted by Gasteiger charge is -2.14. The summed E-state index contributed by atoms with van der Waals surface area (Å²) in [6.45, 7) is 2.52. The number of unbranched alkanes of at least 4 members (excludes halogenated alkanes) is 1. The Morgan fingerprint density at radius 3 is 2.94 bits per heavy atom. The Labute approximate surface area is 110 Å². The van der Waals surface area contributed by atoms with E-state index in [0.717, 1.165) is 30.6 Å². The SMILES string of the molecule is CCCCc1nnc(NC(=O)N(C)CCC=O)s1. The smallest absolute Gasteiger partial charge is 0.323 e. The molecule has 7 heteroatoms. The molecular formula is C11H18N4O2S. The van der Waals surface area contributed by atoms with Crippen LogP contribution in [-0.4, -0.2) is 41.0 Å². The number of nitrogens with zero attached hydrogens (tertiary/aromatic N) is 3. The number of nitrogens with one attached hydrogen (secondary N) is 1. The monoisotopic (exact) mass is 270 g/mol. The number of aryl methyl sites for hydroxylation is 1. The lowest BCUT2D eigenvalue weighted by molar-refractivity contribution is -0.107. The number of hydrogen-bond donors (Lipinski definition) is 1. The average Bonchev–Trinajstić information content (AvgIpc) is 2.80. The van der Waals surface area contributed by atoms with Gasteiger partial charge in [-0.25, -0.2) is 4.79 Å². The van der Waals surface area contributed by atoms with Gasteiger partial charge >= 0.3 is 6.03 Å². The third-order valence-corrected chi connectivity index (χ3v) is 3.25. The average molecular weight is 270 g/mol. The van der Waals surface area contributed by atoms with Crippen molar-refractivity contribution in [2.45, 2.75) is 32.6 Å². The van der Waals surface area contributed by atoms with Crippen LogP contribution in [-0.2, 0) is 11.2 Å². The van der Waals surface area contributed by atoms with E-state index < -0.39 is 0 Å². The van der Waals surface area contributed by atoms with Crippen LogP contribution in [0.1, 0.15) is 31.2 Å². The first-order valence-electron chi connectivity index (χ1n) is 5.95. The Morgan fingerprint density at radius 1 is 1.50 bits per heavy atom. The molecule has 0 aliphatic rings. The van der Waals surface area contributed by atoms with Crippen molar-refractivity contribution in [1.29, 1.82) is 0 Å². The highest BCUT2D eigenvalue weighted by Gasteiger charge is 2.11. The number of aromatic nitrogens is 2. The van der Waals surface area contributed by atoms with Crippen molar-refractivity contribution in [3.8, 4) is 0 Å². The van der Waals surface area contributed by atoms with Gasteiger partial charge in [0.15, 0.2) is 0 Å². The Morgan fingerprint density at radius 2 is 2.28 bits per heavy atom. The summed E-state index contributed by atoms with van der Waals surface area (Å²) in [7, 11) is 1.64. The molecule has 1 rings (SSSR count). The lowest BCUT2D eigenvalue weighted by atomic mass is 10.3. The van der Waals surface area contributed by atoms with Crippen LogP contribution in [0.2, 0.25) is 0 Å². The summed E-state index contributed by atoms with van der Waals surface area (Å²) in [5.74, 6) is 0. The largest absolute Gasteiger partial charge is 0.327 e. The molecule has 0 atom stereocenters. The van der Waals surface area contributed by atoms with Gasteiger partial charge in [-0.1, -0.05) is 24.7 Å². The number of carbonyl (C=O) groups excluding carboxylic acids is 2. The fraction of sp³-hybridized carbons (Fsp3) is 0.636. The van der Waals surface area contributed by atoms with Crippen LogP contribution >= 0.6 is 11.3 Å². The molecule has 0 saturated carbocycles. The lowest BCUT2D eigenvalue weighted by Crippen LogP contribution is -2.32. The van der Waals surface area contributed by atoms with Crippen LogP contribution in [0, 0.1) is 0 Å². The zero-order chi connectivity index (χ0) is 13.4. The summed E-state index contributed by atoms with van der Waals surface area (Å²) in [4.78, 5) is 23.3. The van der Waals surface area contributed by atoms with Crippen LogP contribution < -0.4 is 5.32 Å². The molecule has 2 amide bonds. The number of hydrogen-bond acceptors (Lipinski definition) is 5. The van der Waals surface area contributed by atoms with Gasteiger partial charge in [0, 0.05) is 26.4 Å². The summed E-state index contributed by atoms with van der Waals surface area (Å²) >= 11 is 1.39. The highest BCUT2D eigenvalue weighted by atomic mass is 32.1. The van der Waals surface area contributed by atoms with Gasteiger partial charge in [-0.2, -0.15) is 0 Å². The number of urea groups is 1. The summed E-state index contributed by atoms with van der Waals surface area (Å²) in [5, 5.41) is 12.0. The highest BCUT2D eigenvalue weighted by Crippen LogP contribution is 2.17. The van der Waals surface area contributed by atoms with Gasteiger partial charge in [0.1, 0.15) is 11.3 Å². The van der Waals surface area contributed by atoms with Crippen molar-refractivity contribution in [1.82, 2.24) is 15.1 Å². The second-order valence-electron chi connectivity index (χ2n) is 3.91. The second kappa shape index (κ2) is 7.75. The zero-order valence-electron chi connectivity index (χ0n) is 10.7. The molecule has 0 saturated heterocycles. The van der Waals surface area contributed by atoms with Crippen LogP contribution in [0.4, 0.5) is 9.93 Å². The summed E-state index contributed by atoms with van der Waals surface area (Å²) in [6, 6.07) is -0.268. The molecule has 1 aromatic heterocycles. The molecule has 6 nitrogen and oxygen atoms in total. The molecule has 1 heterocycles. The molecule has 0 unspecified atom stereocenters. The summed E-state index contributed by atoms with van der Waals surface area (Å²) < 4.78 is 0. The predicted octanol–water partition coefficient (Wildman–Crippen LogP) is 1.93. The maximum absolute atomic E-state index is 11.7. The zero-order valence-corrected chi connectivity index (χ0v) is 11.5. The molecule has 18 heavy (non-hydrogen) atoms. The van der Waals surface area contributed by atoms with Crippen LogP contribution in [0.25, 0.3) is 0 Å². The molecule has 0 aliphatic carbocycles. The van der Waals surface area contributed by atoms with E-state index >= 15 is 0 Å². The first-order valence-corrected chi connectivity index (χ1v) is 6.77. The van der Waals surface area contributed by atoms with Crippen LogP contribution in [0.5, 0.6) is 0 Å². The predicted molar refractivity (Wildman–Crippen MR) is 70.9 cm³/mol. The molecule has 1 N–H and O–H groups in total. The van der Waals surface area contributed by atoms with Crippen LogP contribution in [0.15, 0.2) is 0 Å². The van der Waals surface area contributed by atoms with Gasteiger partial charge in [-0.15, -0.1) is 10.2 Å². The van der Waals surface area contributed by atoms with Crippen molar-refractivity contribution in [2.24, 2.45) is 0 Å². The number of carbonyl (C=O) groups is 2. The molecule has 0 aliphatic heterocycles. The minimum atomic E-state index is -0.268. The Balaban J connectivity index is 2.43. The minimum Gasteiger partial charge on any atom is -0.327 e. The quantitative estimate of drug-likeness (QED) is 0.768. The van der Waals surface area contributed by atoms with E-state index in [9.17, 15) is 9.59 Å². The Hall–Kier alpha value is -1.50. The van der Waals surface area contributed by atoms with Gasteiger partial charge in [-0.05, 0) is 6.42 Å². The first-order chi connectivity index (χ1) is 8.67. The molecule has 0 spiro atoms. The standard InChI is InChI=1S/C11H18N4O2S/c1-3-4-6-9-13-14-10(18-9)12-11(17)15(2)7-5-8-16/h8H,3-7H2,1-2H3,(H,12,14,17). The van der Waals surface area contributed by atoms with E-state index in [2.05, 4.69) is 22.4 Å². The van der Waals surface area contributed by atoms with Gasteiger partial charge in [0.05, 0.1) is 0 Å². The molecule has 0 radical (unpaired) electrons. The molecule has 100 valence electrons. The van der Waals surface area contributed by atoms with Crippen molar-refractivity contribution >= 4 is 28.8 Å².